The first kappa shape index (κ1) is 29.1. The van der Waals surface area contributed by atoms with Crippen molar-refractivity contribution in [1.82, 2.24) is 0 Å². The number of benzene rings is 2. The second-order valence-electron chi connectivity index (χ2n) is 8.16. The molecular formula is C26H27Cl2NaO5. The molecule has 0 amide bonds. The molecule has 0 saturated carbocycles. The third-order valence-corrected chi connectivity index (χ3v) is 6.71. The number of carboxylic acids is 1. The molecule has 2 atom stereocenters. The second kappa shape index (κ2) is 13.8. The van der Waals surface area contributed by atoms with Gasteiger partial charge in [0.2, 0.25) is 0 Å². The van der Waals surface area contributed by atoms with Crippen molar-refractivity contribution >= 4 is 41.0 Å². The van der Waals surface area contributed by atoms with Gasteiger partial charge in [-0.3, -0.25) is 4.79 Å². The molecule has 8 heteroatoms. The normalized spacial score (nSPS) is 19.3. The third kappa shape index (κ3) is 7.41. The number of hydrogen-bond donors (Lipinski definition) is 0. The molecule has 2 aromatic rings. The molecule has 34 heavy (non-hydrogen) atoms. The van der Waals surface area contributed by atoms with Crippen LogP contribution in [0.2, 0.25) is 10.0 Å². The molecule has 0 aromatic heterocycles. The fourth-order valence-electron chi connectivity index (χ4n) is 4.15. The molecule has 1 aliphatic heterocycles. The number of carboxylic acid groups (broad SMARTS) is 1. The Bertz CT molecular complexity index is 979. The van der Waals surface area contributed by atoms with Crippen LogP contribution in [0, 0.1) is 5.92 Å². The number of hydrogen-bond acceptors (Lipinski definition) is 5. The minimum atomic E-state index is -1.29. The summed E-state index contributed by atoms with van der Waals surface area (Å²) in [5.41, 5.74) is 1.82. The number of methoxy groups -OCH3 is 1. The van der Waals surface area contributed by atoms with E-state index in [1.54, 1.807) is 31.4 Å². The van der Waals surface area contributed by atoms with Crippen LogP contribution in [-0.2, 0) is 19.9 Å². The van der Waals surface area contributed by atoms with Crippen LogP contribution in [0.1, 0.15) is 53.6 Å². The number of halogens is 2. The van der Waals surface area contributed by atoms with Crippen LogP contribution in [-0.4, -0.2) is 32.1 Å². The summed E-state index contributed by atoms with van der Waals surface area (Å²) in [6.45, 7) is 1.41. The van der Waals surface area contributed by atoms with Gasteiger partial charge in [-0.1, -0.05) is 65.7 Å². The number of Topliss-reactive ketones (excluding diaryl/α,β-unsaturated/α-hetero) is 1. The monoisotopic (exact) mass is 512 g/mol. The Morgan fingerprint density at radius 3 is 2.41 bits per heavy atom. The van der Waals surface area contributed by atoms with Gasteiger partial charge < -0.3 is 19.4 Å². The van der Waals surface area contributed by atoms with Gasteiger partial charge >= 0.3 is 29.6 Å². The Morgan fingerprint density at radius 2 is 1.79 bits per heavy atom. The smallest absolute Gasteiger partial charge is 0.550 e. The van der Waals surface area contributed by atoms with E-state index in [1.807, 2.05) is 30.3 Å². The van der Waals surface area contributed by atoms with Crippen LogP contribution in [0.4, 0.5) is 0 Å². The minimum Gasteiger partial charge on any atom is -0.550 e. The first-order valence-electron chi connectivity index (χ1n) is 10.9. The van der Waals surface area contributed by atoms with E-state index < -0.39 is 17.7 Å². The molecule has 1 heterocycles. The van der Waals surface area contributed by atoms with Crippen LogP contribution >= 0.6 is 23.2 Å². The van der Waals surface area contributed by atoms with Crippen molar-refractivity contribution in [3.05, 3.63) is 75.3 Å². The number of carbonyl (C=O) groups excluding carboxylic acids is 2. The Labute approximate surface area is 232 Å². The van der Waals surface area contributed by atoms with E-state index >= 15 is 0 Å². The zero-order chi connectivity index (χ0) is 23.8. The van der Waals surface area contributed by atoms with E-state index in [-0.39, 0.29) is 63.6 Å². The number of ketones is 1. The number of aliphatic carboxylic acids is 1. The number of carbonyl (C=O) groups is 2. The van der Waals surface area contributed by atoms with Gasteiger partial charge in [-0.15, -0.1) is 0 Å². The Morgan fingerprint density at radius 1 is 1.12 bits per heavy atom. The summed E-state index contributed by atoms with van der Waals surface area (Å²) in [6.07, 6.45) is 6.12. The summed E-state index contributed by atoms with van der Waals surface area (Å²) in [5.74, 6) is -2.69. The molecule has 2 unspecified atom stereocenters. The molecule has 0 N–H and O–H groups in total. The van der Waals surface area contributed by atoms with E-state index in [9.17, 15) is 14.7 Å². The minimum absolute atomic E-state index is 0. The summed E-state index contributed by atoms with van der Waals surface area (Å²) < 4.78 is 11.5. The molecule has 1 fully saturated rings. The van der Waals surface area contributed by atoms with Gasteiger partial charge in [0.05, 0.1) is 21.2 Å². The zero-order valence-electron chi connectivity index (χ0n) is 19.5. The van der Waals surface area contributed by atoms with Crippen LogP contribution in [0.3, 0.4) is 0 Å². The molecule has 1 saturated heterocycles. The summed E-state index contributed by atoms with van der Waals surface area (Å²) in [6, 6.07) is 12.7. The fourth-order valence-corrected chi connectivity index (χ4v) is 4.76. The predicted octanol–water partition coefficient (Wildman–Crippen LogP) is 2.08. The molecular weight excluding hydrogens is 486 g/mol. The Balaban J connectivity index is 0.00000408. The van der Waals surface area contributed by atoms with Gasteiger partial charge in [-0.25, -0.2) is 0 Å². The fraction of sp³-hybridized carbons (Fsp3) is 0.385. The number of rotatable bonds is 9. The van der Waals surface area contributed by atoms with Crippen LogP contribution in [0.5, 0.6) is 0 Å². The molecule has 1 aliphatic rings. The maximum atomic E-state index is 12.6. The Hall–Kier alpha value is -1.18. The molecule has 0 bridgehead atoms. The van der Waals surface area contributed by atoms with Gasteiger partial charge in [0.15, 0.2) is 5.78 Å². The number of allylic oxidation sites excluding steroid dienone is 1. The van der Waals surface area contributed by atoms with Crippen molar-refractivity contribution in [2.75, 3.05) is 20.3 Å². The van der Waals surface area contributed by atoms with Gasteiger partial charge in [-0.05, 0) is 42.5 Å². The van der Waals surface area contributed by atoms with Gasteiger partial charge in [0.1, 0.15) is 0 Å². The average Bonchev–Trinajstić information content (AvgIpc) is 3.05. The summed E-state index contributed by atoms with van der Waals surface area (Å²) in [7, 11) is 1.73. The van der Waals surface area contributed by atoms with Crippen LogP contribution in [0.15, 0.2) is 48.5 Å². The zero-order valence-corrected chi connectivity index (χ0v) is 23.0. The van der Waals surface area contributed by atoms with Crippen LogP contribution < -0.4 is 34.7 Å². The molecule has 0 spiro atoms. The van der Waals surface area contributed by atoms with Crippen molar-refractivity contribution in [3.63, 3.8) is 0 Å². The van der Waals surface area contributed by atoms with E-state index in [0.717, 1.165) is 37.0 Å². The summed E-state index contributed by atoms with van der Waals surface area (Å²) >= 11 is 12.1. The standard InChI is InChI=1S/C26H28Cl2O5.Na/c1-32-26(13-4-15-33-16-14-26)20-11-9-18(10-12-20)5-2-6-19(25(30)31)17-23(29)24-21(27)7-3-8-22(24)28;/h2-3,5,7-12,19H,4,6,13-17H2,1H3,(H,30,31);/q;+1/p-1/b5-2+;. The third-order valence-electron chi connectivity index (χ3n) is 6.08. The maximum absolute atomic E-state index is 12.6. The Kier molecular flexibility index (Phi) is 11.8. The van der Waals surface area contributed by atoms with Crippen molar-refractivity contribution in [2.24, 2.45) is 5.92 Å². The average molecular weight is 513 g/mol. The molecule has 3 rings (SSSR count). The molecule has 0 aliphatic carbocycles. The topological polar surface area (TPSA) is 75.7 Å². The first-order chi connectivity index (χ1) is 15.9. The number of ether oxygens (including phenoxy) is 2. The van der Waals surface area contributed by atoms with Crippen molar-refractivity contribution < 1.29 is 53.7 Å². The van der Waals surface area contributed by atoms with Gasteiger partial charge in [0, 0.05) is 45.1 Å². The van der Waals surface area contributed by atoms with Crippen molar-refractivity contribution in [2.45, 2.75) is 37.7 Å². The summed E-state index contributed by atoms with van der Waals surface area (Å²) in [5, 5.41) is 12.0. The maximum Gasteiger partial charge on any atom is 1.00 e. The molecule has 176 valence electrons. The van der Waals surface area contributed by atoms with E-state index in [1.165, 1.54) is 0 Å². The molecule has 5 nitrogen and oxygen atoms in total. The van der Waals surface area contributed by atoms with Crippen LogP contribution in [0.25, 0.3) is 6.08 Å². The van der Waals surface area contributed by atoms with E-state index in [2.05, 4.69) is 0 Å². The van der Waals surface area contributed by atoms with Gasteiger partial charge in [-0.2, -0.15) is 0 Å². The molecule has 2 aromatic carbocycles. The SMILES string of the molecule is COC1(c2ccc(/C=C/CC(CC(=O)c3c(Cl)cccc3Cl)C(=O)[O-])cc2)CCCOCC1.[Na+]. The second-order valence-corrected chi connectivity index (χ2v) is 8.98. The first-order valence-corrected chi connectivity index (χ1v) is 11.7. The summed E-state index contributed by atoms with van der Waals surface area (Å²) in [4.78, 5) is 24.2. The predicted molar refractivity (Wildman–Crippen MR) is 127 cm³/mol. The quantitative estimate of drug-likeness (QED) is 0.379. The van der Waals surface area contributed by atoms with Crippen molar-refractivity contribution in [3.8, 4) is 0 Å². The van der Waals surface area contributed by atoms with Gasteiger partial charge in [0.25, 0.3) is 0 Å². The largest absolute Gasteiger partial charge is 1.00 e. The molecule has 0 radical (unpaired) electrons. The van der Waals surface area contributed by atoms with Crippen molar-refractivity contribution in [1.29, 1.82) is 0 Å². The van der Waals surface area contributed by atoms with E-state index in [4.69, 9.17) is 32.7 Å². The van der Waals surface area contributed by atoms with E-state index in [0.29, 0.717) is 6.61 Å².